The lowest BCUT2D eigenvalue weighted by Gasteiger charge is -2.07. The van der Waals surface area contributed by atoms with Crippen molar-refractivity contribution in [1.29, 1.82) is 0 Å². The fraction of sp³-hybridized carbons (Fsp3) is 0.357. The molecular weight excluding hydrogens is 244 g/mol. The minimum atomic E-state index is 0.675. The van der Waals surface area contributed by atoms with Gasteiger partial charge < -0.3 is 10.1 Å². The van der Waals surface area contributed by atoms with Crippen molar-refractivity contribution >= 4 is 11.3 Å². The van der Waals surface area contributed by atoms with Crippen molar-refractivity contribution in [3.05, 3.63) is 46.4 Å². The molecule has 0 aliphatic rings. The Morgan fingerprint density at radius 3 is 2.94 bits per heavy atom. The van der Waals surface area contributed by atoms with E-state index in [1.165, 1.54) is 5.56 Å². The maximum absolute atomic E-state index is 5.58. The highest BCUT2D eigenvalue weighted by molar-refractivity contribution is 7.07. The van der Waals surface area contributed by atoms with Gasteiger partial charge in [-0.2, -0.15) is 11.3 Å². The highest BCUT2D eigenvalue weighted by atomic mass is 32.1. The van der Waals surface area contributed by atoms with E-state index in [4.69, 9.17) is 4.74 Å². The normalized spacial score (nSPS) is 10.5. The summed E-state index contributed by atoms with van der Waals surface area (Å²) in [6.45, 7) is 4.49. The second-order valence-electron chi connectivity index (χ2n) is 4.12. The summed E-state index contributed by atoms with van der Waals surface area (Å²) >= 11 is 1.75. The molecule has 0 fully saturated rings. The SMILES string of the molecule is Cc1ccc(OCCNCCc2ccsc2)cn1. The van der Waals surface area contributed by atoms with E-state index in [-0.39, 0.29) is 0 Å². The van der Waals surface area contributed by atoms with Gasteiger partial charge in [-0.3, -0.25) is 4.98 Å². The smallest absolute Gasteiger partial charge is 0.137 e. The largest absolute Gasteiger partial charge is 0.491 e. The molecule has 2 aromatic rings. The summed E-state index contributed by atoms with van der Waals surface area (Å²) in [5.74, 6) is 0.834. The van der Waals surface area contributed by atoms with Crippen molar-refractivity contribution in [2.45, 2.75) is 13.3 Å². The number of nitrogens with one attached hydrogen (secondary N) is 1. The van der Waals surface area contributed by atoms with Crippen LogP contribution in [0.2, 0.25) is 0 Å². The molecule has 2 heterocycles. The van der Waals surface area contributed by atoms with Gasteiger partial charge in [-0.15, -0.1) is 0 Å². The maximum Gasteiger partial charge on any atom is 0.137 e. The fourth-order valence-corrected chi connectivity index (χ4v) is 2.28. The Morgan fingerprint density at radius 2 is 2.22 bits per heavy atom. The van der Waals surface area contributed by atoms with Crippen molar-refractivity contribution in [3.63, 3.8) is 0 Å². The molecule has 3 nitrogen and oxygen atoms in total. The third-order valence-corrected chi connectivity index (χ3v) is 3.33. The number of ether oxygens (including phenoxy) is 1. The molecule has 0 spiro atoms. The summed E-state index contributed by atoms with van der Waals surface area (Å²) in [6, 6.07) is 6.08. The zero-order chi connectivity index (χ0) is 12.6. The number of rotatable bonds is 7. The average Bonchev–Trinajstić information content (AvgIpc) is 2.89. The molecule has 2 aromatic heterocycles. The van der Waals surface area contributed by atoms with Gasteiger partial charge in [0.2, 0.25) is 0 Å². The fourth-order valence-electron chi connectivity index (χ4n) is 1.57. The molecule has 2 rings (SSSR count). The van der Waals surface area contributed by atoms with E-state index in [1.54, 1.807) is 17.5 Å². The molecule has 0 amide bonds. The molecular formula is C14H18N2OS. The van der Waals surface area contributed by atoms with Gasteiger partial charge in [-0.1, -0.05) is 0 Å². The highest BCUT2D eigenvalue weighted by Crippen LogP contribution is 2.08. The Balaban J connectivity index is 1.55. The van der Waals surface area contributed by atoms with E-state index < -0.39 is 0 Å². The molecule has 0 unspecified atom stereocenters. The van der Waals surface area contributed by atoms with Crippen LogP contribution in [0.5, 0.6) is 5.75 Å². The van der Waals surface area contributed by atoms with Crippen molar-refractivity contribution in [1.82, 2.24) is 10.3 Å². The third kappa shape index (κ3) is 4.47. The van der Waals surface area contributed by atoms with Crippen molar-refractivity contribution < 1.29 is 4.74 Å². The lowest BCUT2D eigenvalue weighted by Crippen LogP contribution is -2.23. The number of aromatic nitrogens is 1. The van der Waals surface area contributed by atoms with Gasteiger partial charge in [-0.05, 0) is 54.4 Å². The van der Waals surface area contributed by atoms with Gasteiger partial charge in [0.05, 0.1) is 6.20 Å². The lowest BCUT2D eigenvalue weighted by molar-refractivity contribution is 0.313. The van der Waals surface area contributed by atoms with Crippen molar-refractivity contribution in [3.8, 4) is 5.75 Å². The van der Waals surface area contributed by atoms with Crippen LogP contribution >= 0.6 is 11.3 Å². The summed E-state index contributed by atoms with van der Waals surface area (Å²) < 4.78 is 5.58. The van der Waals surface area contributed by atoms with Crippen LogP contribution in [-0.4, -0.2) is 24.7 Å². The lowest BCUT2D eigenvalue weighted by atomic mass is 10.2. The Morgan fingerprint density at radius 1 is 1.28 bits per heavy atom. The van der Waals surface area contributed by atoms with Crippen molar-refractivity contribution in [2.75, 3.05) is 19.7 Å². The van der Waals surface area contributed by atoms with Gasteiger partial charge in [0.15, 0.2) is 0 Å². The van der Waals surface area contributed by atoms with Crippen molar-refractivity contribution in [2.24, 2.45) is 0 Å². The van der Waals surface area contributed by atoms with E-state index in [2.05, 4.69) is 27.1 Å². The minimum Gasteiger partial charge on any atom is -0.491 e. The van der Waals surface area contributed by atoms with Gasteiger partial charge >= 0.3 is 0 Å². The molecule has 0 aliphatic heterocycles. The van der Waals surface area contributed by atoms with Gasteiger partial charge in [-0.25, -0.2) is 0 Å². The molecule has 0 aliphatic carbocycles. The predicted molar refractivity (Wildman–Crippen MR) is 75.4 cm³/mol. The zero-order valence-corrected chi connectivity index (χ0v) is 11.4. The van der Waals surface area contributed by atoms with Crippen LogP contribution in [0.3, 0.4) is 0 Å². The first-order chi connectivity index (χ1) is 8.84. The van der Waals surface area contributed by atoms with Crippen LogP contribution in [0.1, 0.15) is 11.3 Å². The van der Waals surface area contributed by atoms with Crippen LogP contribution in [-0.2, 0) is 6.42 Å². The Labute approximate surface area is 112 Å². The van der Waals surface area contributed by atoms with E-state index in [0.717, 1.165) is 31.0 Å². The van der Waals surface area contributed by atoms with Gasteiger partial charge in [0.25, 0.3) is 0 Å². The summed E-state index contributed by atoms with van der Waals surface area (Å²) in [5, 5.41) is 7.67. The van der Waals surface area contributed by atoms with E-state index in [9.17, 15) is 0 Å². The van der Waals surface area contributed by atoms with Crippen LogP contribution in [0.4, 0.5) is 0 Å². The molecule has 96 valence electrons. The summed E-state index contributed by atoms with van der Waals surface area (Å²) in [4.78, 5) is 4.18. The standard InChI is InChI=1S/C14H18N2OS/c1-12-2-3-14(10-16-12)17-8-7-15-6-4-13-5-9-18-11-13/h2-3,5,9-11,15H,4,6-8H2,1H3. The van der Waals surface area contributed by atoms with Crippen LogP contribution in [0, 0.1) is 6.92 Å². The zero-order valence-electron chi connectivity index (χ0n) is 10.6. The van der Waals surface area contributed by atoms with Crippen LogP contribution in [0.15, 0.2) is 35.2 Å². The van der Waals surface area contributed by atoms with Gasteiger partial charge in [0, 0.05) is 12.2 Å². The summed E-state index contributed by atoms with van der Waals surface area (Å²) in [5.41, 5.74) is 2.41. The molecule has 0 saturated heterocycles. The highest BCUT2D eigenvalue weighted by Gasteiger charge is 1.95. The minimum absolute atomic E-state index is 0.675. The van der Waals surface area contributed by atoms with Crippen LogP contribution in [0.25, 0.3) is 0 Å². The van der Waals surface area contributed by atoms with Crippen LogP contribution < -0.4 is 10.1 Å². The third-order valence-electron chi connectivity index (χ3n) is 2.60. The Kier molecular flexibility index (Phi) is 5.17. The number of pyridine rings is 1. The summed E-state index contributed by atoms with van der Waals surface area (Å²) in [7, 11) is 0. The predicted octanol–water partition coefficient (Wildman–Crippen LogP) is 2.66. The molecule has 1 N–H and O–H groups in total. The number of hydrogen-bond acceptors (Lipinski definition) is 4. The first-order valence-electron chi connectivity index (χ1n) is 6.12. The summed E-state index contributed by atoms with van der Waals surface area (Å²) in [6.07, 6.45) is 2.84. The molecule has 0 aromatic carbocycles. The average molecular weight is 262 g/mol. The second-order valence-corrected chi connectivity index (χ2v) is 4.90. The van der Waals surface area contributed by atoms with Gasteiger partial charge in [0.1, 0.15) is 12.4 Å². The first-order valence-corrected chi connectivity index (χ1v) is 7.06. The van der Waals surface area contributed by atoms with E-state index in [1.807, 2.05) is 19.1 Å². The molecule has 0 saturated carbocycles. The molecule has 0 atom stereocenters. The molecule has 4 heteroatoms. The Hall–Kier alpha value is -1.39. The number of thiophene rings is 1. The molecule has 18 heavy (non-hydrogen) atoms. The Bertz CT molecular complexity index is 439. The number of hydrogen-bond donors (Lipinski definition) is 1. The first kappa shape index (κ1) is 13.1. The number of aryl methyl sites for hydroxylation is 1. The molecule has 0 radical (unpaired) electrons. The second kappa shape index (κ2) is 7.13. The topological polar surface area (TPSA) is 34.1 Å². The maximum atomic E-state index is 5.58. The number of nitrogens with zero attached hydrogens (tertiary/aromatic N) is 1. The van der Waals surface area contributed by atoms with E-state index >= 15 is 0 Å². The quantitative estimate of drug-likeness (QED) is 0.779. The van der Waals surface area contributed by atoms with E-state index in [0.29, 0.717) is 6.61 Å². The molecule has 0 bridgehead atoms. The monoisotopic (exact) mass is 262 g/mol.